The lowest BCUT2D eigenvalue weighted by molar-refractivity contribution is 0.0917. The summed E-state index contributed by atoms with van der Waals surface area (Å²) < 4.78 is 33.2. The molecule has 5 rings (SSSR count). The van der Waals surface area contributed by atoms with E-state index in [2.05, 4.69) is 10.4 Å². The van der Waals surface area contributed by atoms with Gasteiger partial charge in [-0.3, -0.25) is 9.48 Å². The van der Waals surface area contributed by atoms with E-state index in [4.69, 9.17) is 0 Å². The monoisotopic (exact) mass is 464 g/mol. The number of amides is 1. The second-order valence-corrected chi connectivity index (χ2v) is 8.97. The molecule has 0 saturated heterocycles. The number of hydrogen-bond donors (Lipinski definition) is 2. The molecule has 2 aromatic carbocycles. The van der Waals surface area contributed by atoms with Crippen molar-refractivity contribution in [3.63, 3.8) is 0 Å². The number of aliphatic hydroxyl groups is 1. The molecule has 0 spiro atoms. The van der Waals surface area contributed by atoms with Gasteiger partial charge in [0, 0.05) is 54.5 Å². The van der Waals surface area contributed by atoms with E-state index in [-0.39, 0.29) is 47.8 Å². The van der Waals surface area contributed by atoms with Gasteiger partial charge in [0.1, 0.15) is 11.6 Å². The molecule has 4 aromatic rings. The third kappa shape index (κ3) is 4.09. The zero-order valence-corrected chi connectivity index (χ0v) is 18.8. The van der Waals surface area contributed by atoms with E-state index in [1.165, 1.54) is 12.1 Å². The molecule has 1 aliphatic carbocycles. The van der Waals surface area contributed by atoms with Crippen LogP contribution >= 0.6 is 0 Å². The average Bonchev–Trinajstić information content (AvgIpc) is 3.54. The second-order valence-electron chi connectivity index (χ2n) is 8.97. The first-order valence-electron chi connectivity index (χ1n) is 11.4. The maximum Gasteiger partial charge on any atom is 0.253 e. The molecule has 2 N–H and O–H groups in total. The van der Waals surface area contributed by atoms with Crippen molar-refractivity contribution in [2.45, 2.75) is 31.8 Å². The van der Waals surface area contributed by atoms with E-state index in [9.17, 15) is 14.3 Å². The normalized spacial score (nSPS) is 18.0. The molecular weight excluding hydrogens is 438 g/mol. The summed E-state index contributed by atoms with van der Waals surface area (Å²) in [5, 5.41) is 16.9. The molecule has 1 saturated carbocycles. The molecule has 1 fully saturated rings. The first kappa shape index (κ1) is 22.3. The number of carbonyl (C=O) groups is 1. The lowest BCUT2D eigenvalue weighted by Crippen LogP contribution is -2.38. The van der Waals surface area contributed by atoms with Crippen LogP contribution in [0.5, 0.6) is 0 Å². The molecular formula is C26H26F2N4O2. The Morgan fingerprint density at radius 3 is 2.74 bits per heavy atom. The molecule has 34 heavy (non-hydrogen) atoms. The number of nitrogens with zero attached hydrogens (tertiary/aromatic N) is 3. The van der Waals surface area contributed by atoms with Crippen molar-refractivity contribution in [1.29, 1.82) is 0 Å². The number of halogens is 2. The van der Waals surface area contributed by atoms with Crippen LogP contribution in [0, 0.1) is 17.6 Å². The minimum atomic E-state index is -0.501. The number of aromatic nitrogens is 3. The molecule has 0 radical (unpaired) electrons. The Morgan fingerprint density at radius 2 is 2.00 bits per heavy atom. The van der Waals surface area contributed by atoms with Crippen molar-refractivity contribution >= 4 is 16.8 Å². The lowest BCUT2D eigenvalue weighted by atomic mass is 10.0. The smallest absolute Gasteiger partial charge is 0.253 e. The van der Waals surface area contributed by atoms with Crippen molar-refractivity contribution < 1.29 is 18.7 Å². The highest BCUT2D eigenvalue weighted by molar-refractivity contribution is 6.07. The molecule has 1 amide bonds. The fourth-order valence-corrected chi connectivity index (χ4v) is 4.91. The number of rotatable bonds is 6. The molecule has 2 heterocycles. The van der Waals surface area contributed by atoms with Crippen LogP contribution in [-0.4, -0.2) is 38.0 Å². The SMILES string of the molecule is Cn1cc(-c2ccc(Cn3cc(C(=O)N[C@H]4CCC[C@@H]4CO)c4c(F)cccc43)c(F)c2)cn1. The summed E-state index contributed by atoms with van der Waals surface area (Å²) in [5.74, 6) is -1.26. The van der Waals surface area contributed by atoms with Crippen molar-refractivity contribution in [2.75, 3.05) is 6.61 Å². The second kappa shape index (κ2) is 9.02. The highest BCUT2D eigenvalue weighted by Gasteiger charge is 2.29. The quantitative estimate of drug-likeness (QED) is 0.448. The summed E-state index contributed by atoms with van der Waals surface area (Å²) in [5.41, 5.74) is 2.69. The molecule has 0 unspecified atom stereocenters. The molecule has 0 bridgehead atoms. The van der Waals surface area contributed by atoms with Gasteiger partial charge >= 0.3 is 0 Å². The number of aryl methyl sites for hydroxylation is 1. The molecule has 176 valence electrons. The number of hydrogen-bond acceptors (Lipinski definition) is 3. The van der Waals surface area contributed by atoms with Crippen molar-refractivity contribution in [2.24, 2.45) is 13.0 Å². The fourth-order valence-electron chi connectivity index (χ4n) is 4.91. The minimum absolute atomic E-state index is 0.00886. The van der Waals surface area contributed by atoms with Gasteiger partial charge in [0.15, 0.2) is 0 Å². The predicted molar refractivity (Wildman–Crippen MR) is 125 cm³/mol. The summed E-state index contributed by atoms with van der Waals surface area (Å²) in [6.45, 7) is 0.157. The van der Waals surface area contributed by atoms with Crippen LogP contribution in [0.1, 0.15) is 35.2 Å². The van der Waals surface area contributed by atoms with E-state index in [1.807, 2.05) is 12.3 Å². The standard InChI is InChI=1S/C26H26F2N4O2/c1-31-12-19(11-29-31)16-8-9-17(22(28)10-16)13-32-14-20(25-21(27)5-3-7-24(25)32)26(34)30-23-6-2-4-18(23)15-33/h3,5,7-12,14,18,23,33H,2,4,6,13,15H2,1H3,(H,30,34)/t18-,23+/m1/s1. The molecule has 6 nitrogen and oxygen atoms in total. The van der Waals surface area contributed by atoms with E-state index in [1.54, 1.807) is 46.9 Å². The first-order chi connectivity index (χ1) is 16.4. The molecule has 2 atom stereocenters. The van der Waals surface area contributed by atoms with Gasteiger partial charge in [-0.1, -0.05) is 24.6 Å². The number of nitrogens with one attached hydrogen (secondary N) is 1. The van der Waals surface area contributed by atoms with E-state index in [0.29, 0.717) is 16.6 Å². The van der Waals surface area contributed by atoms with Crippen LogP contribution in [0.15, 0.2) is 55.0 Å². The highest BCUT2D eigenvalue weighted by Crippen LogP contribution is 2.29. The lowest BCUT2D eigenvalue weighted by Gasteiger charge is -2.18. The molecule has 2 aromatic heterocycles. The summed E-state index contributed by atoms with van der Waals surface area (Å²) in [7, 11) is 1.80. The summed E-state index contributed by atoms with van der Waals surface area (Å²) in [6, 6.07) is 9.47. The number of benzene rings is 2. The van der Waals surface area contributed by atoms with Crippen LogP contribution in [-0.2, 0) is 13.6 Å². The maximum absolute atomic E-state index is 15.0. The first-order valence-corrected chi connectivity index (χ1v) is 11.4. The van der Waals surface area contributed by atoms with Crippen LogP contribution in [0.4, 0.5) is 8.78 Å². The highest BCUT2D eigenvalue weighted by atomic mass is 19.1. The number of fused-ring (bicyclic) bond motifs is 1. The van der Waals surface area contributed by atoms with Crippen LogP contribution in [0.2, 0.25) is 0 Å². The Kier molecular flexibility index (Phi) is 5.91. The predicted octanol–water partition coefficient (Wildman–Crippen LogP) is 4.26. The fraction of sp³-hybridized carbons (Fsp3) is 0.308. The van der Waals surface area contributed by atoms with Gasteiger partial charge in [-0.25, -0.2) is 8.78 Å². The Bertz CT molecular complexity index is 1360. The Balaban J connectivity index is 1.46. The Hall–Kier alpha value is -3.52. The van der Waals surface area contributed by atoms with Crippen molar-refractivity contribution in [3.8, 4) is 11.1 Å². The van der Waals surface area contributed by atoms with E-state index < -0.39 is 5.82 Å². The van der Waals surface area contributed by atoms with Crippen LogP contribution in [0.3, 0.4) is 0 Å². The molecule has 0 aliphatic heterocycles. The summed E-state index contributed by atoms with van der Waals surface area (Å²) >= 11 is 0. The minimum Gasteiger partial charge on any atom is -0.396 e. The van der Waals surface area contributed by atoms with Gasteiger partial charge in [0.2, 0.25) is 0 Å². The topological polar surface area (TPSA) is 72.1 Å². The largest absolute Gasteiger partial charge is 0.396 e. The molecule has 8 heteroatoms. The third-order valence-electron chi connectivity index (χ3n) is 6.74. The number of carbonyl (C=O) groups excluding carboxylic acids is 1. The van der Waals surface area contributed by atoms with E-state index in [0.717, 1.165) is 24.8 Å². The summed E-state index contributed by atoms with van der Waals surface area (Å²) in [4.78, 5) is 13.1. The van der Waals surface area contributed by atoms with E-state index >= 15 is 4.39 Å². The average molecular weight is 465 g/mol. The van der Waals surface area contributed by atoms with Gasteiger partial charge in [-0.05, 0) is 36.6 Å². The van der Waals surface area contributed by atoms with Crippen LogP contribution < -0.4 is 5.32 Å². The van der Waals surface area contributed by atoms with Gasteiger partial charge in [-0.15, -0.1) is 0 Å². The van der Waals surface area contributed by atoms with Gasteiger partial charge < -0.3 is 15.0 Å². The zero-order chi connectivity index (χ0) is 23.8. The van der Waals surface area contributed by atoms with Crippen molar-refractivity contribution in [3.05, 3.63) is 77.8 Å². The van der Waals surface area contributed by atoms with Crippen molar-refractivity contribution in [1.82, 2.24) is 19.7 Å². The number of aliphatic hydroxyl groups excluding tert-OH is 1. The third-order valence-corrected chi connectivity index (χ3v) is 6.74. The maximum atomic E-state index is 15.0. The van der Waals surface area contributed by atoms with Gasteiger partial charge in [-0.2, -0.15) is 5.10 Å². The Morgan fingerprint density at radius 1 is 1.15 bits per heavy atom. The summed E-state index contributed by atoms with van der Waals surface area (Å²) in [6.07, 6.45) is 7.64. The zero-order valence-electron chi connectivity index (χ0n) is 18.8. The van der Waals surface area contributed by atoms with Gasteiger partial charge in [0.25, 0.3) is 5.91 Å². The van der Waals surface area contributed by atoms with Crippen LogP contribution in [0.25, 0.3) is 22.0 Å². The molecule has 1 aliphatic rings. The Labute approximate surface area is 195 Å². The van der Waals surface area contributed by atoms with Gasteiger partial charge in [0.05, 0.1) is 23.8 Å².